The number of hydrogen-bond donors (Lipinski definition) is 1. The number of rotatable bonds is 16. The van der Waals surface area contributed by atoms with Gasteiger partial charge in [0.2, 0.25) is 0 Å². The zero-order valence-electron chi connectivity index (χ0n) is 16.6. The number of carboxylic acids is 2. The van der Waals surface area contributed by atoms with Gasteiger partial charge in [0.05, 0.1) is 12.4 Å². The van der Waals surface area contributed by atoms with Gasteiger partial charge in [-0.1, -0.05) is 53.4 Å². The van der Waals surface area contributed by atoms with E-state index in [9.17, 15) is 14.7 Å². The summed E-state index contributed by atoms with van der Waals surface area (Å²) in [5.74, 6) is 0.442. The second-order valence-electron chi connectivity index (χ2n) is 7.11. The maximum absolute atomic E-state index is 11.7. The number of carboxylic acid groups (broad SMARTS) is 2. The van der Waals surface area contributed by atoms with Crippen LogP contribution < -0.4 is 5.11 Å². The fourth-order valence-corrected chi connectivity index (χ4v) is 6.46. The largest absolute Gasteiger partial charge is 0.545 e. The second-order valence-corrected chi connectivity index (χ2v) is 9.42. The lowest BCUT2D eigenvalue weighted by Crippen LogP contribution is -2.46. The van der Waals surface area contributed by atoms with E-state index in [-0.39, 0.29) is 6.42 Å². The summed E-state index contributed by atoms with van der Waals surface area (Å²) in [5.41, 5.74) is 0. The van der Waals surface area contributed by atoms with Crippen molar-refractivity contribution in [3.05, 3.63) is 0 Å². The van der Waals surface area contributed by atoms with Crippen LogP contribution in [-0.4, -0.2) is 33.8 Å². The summed E-state index contributed by atoms with van der Waals surface area (Å²) in [6.07, 6.45) is 8.54. The van der Waals surface area contributed by atoms with Gasteiger partial charge in [-0.2, -0.15) is 0 Å². The normalized spacial score (nSPS) is 16.2. The van der Waals surface area contributed by atoms with Crippen molar-refractivity contribution in [1.29, 1.82) is 0 Å². The monoisotopic (exact) mass is 374 g/mol. The minimum atomic E-state index is -1.18. The van der Waals surface area contributed by atoms with Gasteiger partial charge in [0.1, 0.15) is 11.5 Å². The molecule has 0 aliphatic rings. The molecule has 0 aliphatic heterocycles. The van der Waals surface area contributed by atoms with E-state index in [2.05, 4.69) is 27.7 Å². The van der Waals surface area contributed by atoms with Crippen molar-refractivity contribution in [3.8, 4) is 0 Å². The zero-order chi connectivity index (χ0) is 19.2. The summed E-state index contributed by atoms with van der Waals surface area (Å²) in [4.78, 5) is 22.9. The van der Waals surface area contributed by atoms with E-state index in [0.717, 1.165) is 62.9 Å². The maximum Gasteiger partial charge on any atom is 0.308 e. The SMILES string of the molecule is CCCCC(CC)C[S+](CC(CC)CCCC)C(CC(=O)O)C(=O)[O-]. The van der Waals surface area contributed by atoms with Crippen LogP contribution in [0.1, 0.15) is 85.5 Å². The highest BCUT2D eigenvalue weighted by molar-refractivity contribution is 7.98. The predicted molar refractivity (Wildman–Crippen MR) is 105 cm³/mol. The van der Waals surface area contributed by atoms with E-state index in [0.29, 0.717) is 11.8 Å². The molecule has 0 radical (unpaired) electrons. The quantitative estimate of drug-likeness (QED) is 0.419. The summed E-state index contributed by atoms with van der Waals surface area (Å²) in [7, 11) is -0.423. The minimum absolute atomic E-state index is 0.306. The van der Waals surface area contributed by atoms with Gasteiger partial charge in [-0.25, -0.2) is 0 Å². The number of carbonyl (C=O) groups is 2. The van der Waals surface area contributed by atoms with Crippen LogP contribution in [0.4, 0.5) is 0 Å². The molecule has 1 N–H and O–H groups in total. The molecule has 25 heavy (non-hydrogen) atoms. The Balaban J connectivity index is 5.22. The Kier molecular flexibility index (Phi) is 14.0. The molecule has 3 unspecified atom stereocenters. The molecule has 0 amide bonds. The lowest BCUT2D eigenvalue weighted by atomic mass is 10.0. The number of unbranched alkanes of at least 4 members (excludes halogenated alkanes) is 2. The van der Waals surface area contributed by atoms with Crippen LogP contribution in [0.3, 0.4) is 0 Å². The van der Waals surface area contributed by atoms with E-state index in [1.165, 1.54) is 0 Å². The van der Waals surface area contributed by atoms with E-state index in [1.54, 1.807) is 0 Å². The van der Waals surface area contributed by atoms with E-state index in [4.69, 9.17) is 5.11 Å². The topological polar surface area (TPSA) is 77.4 Å². The fourth-order valence-electron chi connectivity index (χ4n) is 3.20. The third-order valence-electron chi connectivity index (χ3n) is 5.01. The minimum Gasteiger partial charge on any atom is -0.545 e. The molecule has 0 bridgehead atoms. The lowest BCUT2D eigenvalue weighted by Gasteiger charge is -2.25. The summed E-state index contributed by atoms with van der Waals surface area (Å²) >= 11 is 0. The Morgan fingerprint density at radius 1 is 0.920 bits per heavy atom. The summed E-state index contributed by atoms with van der Waals surface area (Å²) < 4.78 is 0. The van der Waals surface area contributed by atoms with Crippen molar-refractivity contribution >= 4 is 22.8 Å². The zero-order valence-corrected chi connectivity index (χ0v) is 17.4. The van der Waals surface area contributed by atoms with Crippen molar-refractivity contribution < 1.29 is 19.8 Å². The van der Waals surface area contributed by atoms with E-state index < -0.39 is 28.1 Å². The van der Waals surface area contributed by atoms with Gasteiger partial charge in [0, 0.05) is 11.8 Å². The molecule has 148 valence electrons. The highest BCUT2D eigenvalue weighted by Gasteiger charge is 2.37. The summed E-state index contributed by atoms with van der Waals surface area (Å²) in [5, 5.41) is 20.0. The van der Waals surface area contributed by atoms with Crippen LogP contribution in [0.2, 0.25) is 0 Å². The Labute approximate surface area is 157 Å². The number of carbonyl (C=O) groups excluding carboxylic acids is 1. The average molecular weight is 375 g/mol. The first kappa shape index (κ1) is 24.3. The van der Waals surface area contributed by atoms with Crippen LogP contribution in [0.25, 0.3) is 0 Å². The number of aliphatic carboxylic acids is 2. The first-order chi connectivity index (χ1) is 11.9. The van der Waals surface area contributed by atoms with Crippen molar-refractivity contribution in [2.24, 2.45) is 11.8 Å². The molecule has 0 fully saturated rings. The van der Waals surface area contributed by atoms with Crippen molar-refractivity contribution in [1.82, 2.24) is 0 Å². The molecule has 5 heteroatoms. The van der Waals surface area contributed by atoms with Gasteiger partial charge >= 0.3 is 5.97 Å². The van der Waals surface area contributed by atoms with E-state index in [1.807, 2.05) is 0 Å². The van der Waals surface area contributed by atoms with Gasteiger partial charge in [0.25, 0.3) is 0 Å². The molecule has 0 rings (SSSR count). The summed E-state index contributed by atoms with van der Waals surface area (Å²) in [6.45, 7) is 8.64. The molecule has 0 aromatic rings. The molecule has 0 heterocycles. The van der Waals surface area contributed by atoms with Gasteiger partial charge in [0.15, 0.2) is 5.25 Å². The van der Waals surface area contributed by atoms with Crippen molar-refractivity contribution in [3.63, 3.8) is 0 Å². The van der Waals surface area contributed by atoms with Crippen LogP contribution in [0.15, 0.2) is 0 Å². The predicted octanol–water partition coefficient (Wildman–Crippen LogP) is 3.63. The smallest absolute Gasteiger partial charge is 0.308 e. The molecule has 3 atom stereocenters. The van der Waals surface area contributed by atoms with Gasteiger partial charge in [-0.15, -0.1) is 0 Å². The van der Waals surface area contributed by atoms with Crippen LogP contribution in [-0.2, 0) is 20.5 Å². The molecule has 0 aromatic heterocycles. The summed E-state index contributed by atoms with van der Waals surface area (Å²) in [6, 6.07) is 0. The van der Waals surface area contributed by atoms with Gasteiger partial charge < -0.3 is 15.0 Å². The Morgan fingerprint density at radius 2 is 1.36 bits per heavy atom. The molecule has 0 saturated carbocycles. The molecule has 0 saturated heterocycles. The van der Waals surface area contributed by atoms with Crippen molar-refractivity contribution in [2.75, 3.05) is 11.5 Å². The van der Waals surface area contributed by atoms with E-state index >= 15 is 0 Å². The first-order valence-corrected chi connectivity index (χ1v) is 11.6. The highest BCUT2D eigenvalue weighted by Crippen LogP contribution is 2.25. The fraction of sp³-hybridized carbons (Fsp3) is 0.900. The van der Waals surface area contributed by atoms with Crippen LogP contribution >= 0.6 is 0 Å². The molecule has 0 aliphatic carbocycles. The van der Waals surface area contributed by atoms with Gasteiger partial charge in [-0.3, -0.25) is 4.79 Å². The molecule has 0 spiro atoms. The van der Waals surface area contributed by atoms with Crippen LogP contribution in [0.5, 0.6) is 0 Å². The van der Waals surface area contributed by atoms with Crippen LogP contribution in [0, 0.1) is 11.8 Å². The Hall–Kier alpha value is -0.710. The average Bonchev–Trinajstić information content (AvgIpc) is 2.58. The maximum atomic E-state index is 11.7. The van der Waals surface area contributed by atoms with Crippen molar-refractivity contribution in [2.45, 2.75) is 90.7 Å². The number of hydrogen-bond acceptors (Lipinski definition) is 3. The molecular weight excluding hydrogens is 336 g/mol. The third-order valence-corrected chi connectivity index (χ3v) is 7.97. The Bertz CT molecular complexity index is 355. The molecular formula is C20H38O4S. The molecule has 4 nitrogen and oxygen atoms in total. The highest BCUT2D eigenvalue weighted by atomic mass is 32.2. The molecule has 0 aromatic carbocycles. The van der Waals surface area contributed by atoms with Gasteiger partial charge in [-0.05, 0) is 36.6 Å². The lowest BCUT2D eigenvalue weighted by molar-refractivity contribution is -0.305. The standard InChI is InChI=1S/C20H38O4S/c1-5-9-11-16(7-3)14-25(15-17(8-4)12-10-6-2)18(20(23)24)13-19(21)22/h16-18H,5-15H2,1-4H3,(H-,21,22,23,24). The Morgan fingerprint density at radius 3 is 1.64 bits per heavy atom. The first-order valence-electron chi connectivity index (χ1n) is 9.98. The third kappa shape index (κ3) is 10.8. The second kappa shape index (κ2) is 14.5.